The Hall–Kier alpha value is -2.30. The minimum absolute atomic E-state index is 0.0619. The zero-order valence-corrected chi connectivity index (χ0v) is 9.10. The van der Waals surface area contributed by atoms with Gasteiger partial charge in [0.05, 0.1) is 12.0 Å². The molecule has 0 aliphatic heterocycles. The van der Waals surface area contributed by atoms with Crippen LogP contribution in [0.25, 0.3) is 11.0 Å². The second-order valence-electron chi connectivity index (χ2n) is 3.33. The summed E-state index contributed by atoms with van der Waals surface area (Å²) >= 11 is 0. The summed E-state index contributed by atoms with van der Waals surface area (Å²) in [6.07, 6.45) is 0. The van der Waals surface area contributed by atoms with Crippen LogP contribution in [0.4, 0.5) is 0 Å². The maximum absolute atomic E-state index is 11.5. The molecule has 0 radical (unpaired) electrons. The molecule has 1 aromatic carbocycles. The summed E-state index contributed by atoms with van der Waals surface area (Å²) in [7, 11) is 0. The quantitative estimate of drug-likeness (QED) is 0.820. The Kier molecular flexibility index (Phi) is 2.82. The van der Waals surface area contributed by atoms with Crippen LogP contribution >= 0.6 is 0 Å². The van der Waals surface area contributed by atoms with Crippen molar-refractivity contribution >= 4 is 16.9 Å². The number of hydrogen-bond acceptors (Lipinski definition) is 4. The second kappa shape index (κ2) is 4.29. The number of benzene rings is 1. The van der Waals surface area contributed by atoms with Crippen molar-refractivity contribution < 1.29 is 19.1 Å². The molecule has 0 amide bonds. The molecule has 17 heavy (non-hydrogen) atoms. The molecule has 0 saturated heterocycles. The Labute approximate surface area is 96.2 Å². The first kappa shape index (κ1) is 11.2. The first-order valence-electron chi connectivity index (χ1n) is 5.07. The standard InChI is InChI=1S/C12H10O5/c1-2-16-10-7-5-3-4-6-8(7)17-12(15)9(10)11(13)14/h3-6H,2H2,1H3,(H,13,14). The molecule has 0 aliphatic carbocycles. The summed E-state index contributed by atoms with van der Waals surface area (Å²) in [5, 5.41) is 9.47. The van der Waals surface area contributed by atoms with Crippen molar-refractivity contribution in [3.8, 4) is 5.75 Å². The van der Waals surface area contributed by atoms with Crippen LogP contribution in [-0.2, 0) is 0 Å². The third-order valence-electron chi connectivity index (χ3n) is 2.27. The smallest absolute Gasteiger partial charge is 0.354 e. The van der Waals surface area contributed by atoms with Gasteiger partial charge in [0, 0.05) is 0 Å². The van der Waals surface area contributed by atoms with Crippen LogP contribution in [0.2, 0.25) is 0 Å². The highest BCUT2D eigenvalue weighted by atomic mass is 16.5. The summed E-state index contributed by atoms with van der Waals surface area (Å²) < 4.78 is 10.2. The van der Waals surface area contributed by atoms with E-state index in [2.05, 4.69) is 0 Å². The van der Waals surface area contributed by atoms with Gasteiger partial charge in [0.2, 0.25) is 0 Å². The van der Waals surface area contributed by atoms with E-state index in [0.29, 0.717) is 11.0 Å². The van der Waals surface area contributed by atoms with Crippen molar-refractivity contribution in [1.29, 1.82) is 0 Å². The predicted molar refractivity (Wildman–Crippen MR) is 60.6 cm³/mol. The van der Waals surface area contributed by atoms with Gasteiger partial charge in [0.1, 0.15) is 5.58 Å². The minimum atomic E-state index is -1.35. The van der Waals surface area contributed by atoms with Gasteiger partial charge in [-0.3, -0.25) is 0 Å². The fourth-order valence-corrected chi connectivity index (χ4v) is 1.60. The van der Waals surface area contributed by atoms with Crippen molar-refractivity contribution in [1.82, 2.24) is 0 Å². The van der Waals surface area contributed by atoms with E-state index < -0.39 is 17.2 Å². The molecule has 5 heteroatoms. The Bertz CT molecular complexity index is 626. The van der Waals surface area contributed by atoms with Gasteiger partial charge >= 0.3 is 11.6 Å². The largest absolute Gasteiger partial charge is 0.492 e. The SMILES string of the molecule is CCOc1c(C(=O)O)c(=O)oc2ccccc12. The number of fused-ring (bicyclic) bond motifs is 1. The number of aromatic carboxylic acids is 1. The molecule has 1 heterocycles. The first-order chi connectivity index (χ1) is 8.15. The van der Waals surface area contributed by atoms with E-state index in [1.807, 2.05) is 0 Å². The summed E-state index contributed by atoms with van der Waals surface area (Å²) in [5.74, 6) is -1.29. The van der Waals surface area contributed by atoms with Crippen LogP contribution in [0.15, 0.2) is 33.5 Å². The Morgan fingerprint density at radius 2 is 2.12 bits per heavy atom. The van der Waals surface area contributed by atoms with Crippen molar-refractivity contribution in [2.75, 3.05) is 6.61 Å². The van der Waals surface area contributed by atoms with Gasteiger partial charge in [-0.1, -0.05) is 12.1 Å². The van der Waals surface area contributed by atoms with Gasteiger partial charge in [-0.25, -0.2) is 9.59 Å². The molecule has 0 fully saturated rings. The lowest BCUT2D eigenvalue weighted by Gasteiger charge is -2.08. The number of carbonyl (C=O) groups is 1. The van der Waals surface area contributed by atoms with E-state index >= 15 is 0 Å². The summed E-state index contributed by atoms with van der Waals surface area (Å²) in [5.41, 5.74) is -1.06. The topological polar surface area (TPSA) is 76.7 Å². The molecular weight excluding hydrogens is 224 g/mol. The van der Waals surface area contributed by atoms with Crippen LogP contribution in [0.1, 0.15) is 17.3 Å². The molecule has 1 aromatic heterocycles. The lowest BCUT2D eigenvalue weighted by molar-refractivity contribution is 0.0688. The zero-order valence-electron chi connectivity index (χ0n) is 9.10. The third kappa shape index (κ3) is 1.87. The second-order valence-corrected chi connectivity index (χ2v) is 3.33. The van der Waals surface area contributed by atoms with Crippen LogP contribution in [-0.4, -0.2) is 17.7 Å². The lowest BCUT2D eigenvalue weighted by Crippen LogP contribution is -2.16. The molecule has 88 valence electrons. The Balaban J connectivity index is 2.88. The van der Waals surface area contributed by atoms with Gasteiger partial charge in [-0.2, -0.15) is 0 Å². The van der Waals surface area contributed by atoms with Crippen LogP contribution in [0.5, 0.6) is 5.75 Å². The van der Waals surface area contributed by atoms with Crippen molar-refractivity contribution in [2.24, 2.45) is 0 Å². The summed E-state index contributed by atoms with van der Waals surface area (Å²) in [6, 6.07) is 6.65. The van der Waals surface area contributed by atoms with Crippen LogP contribution < -0.4 is 10.4 Å². The maximum atomic E-state index is 11.5. The molecule has 2 rings (SSSR count). The molecule has 0 bridgehead atoms. The van der Waals surface area contributed by atoms with Crippen LogP contribution in [0.3, 0.4) is 0 Å². The number of carboxylic acids is 1. The minimum Gasteiger partial charge on any atom is -0.492 e. The molecule has 0 aliphatic rings. The highest BCUT2D eigenvalue weighted by molar-refractivity contribution is 5.97. The molecule has 0 saturated carbocycles. The summed E-state index contributed by atoms with van der Waals surface area (Å²) in [6.45, 7) is 1.99. The number of rotatable bonds is 3. The molecule has 0 unspecified atom stereocenters. The average molecular weight is 234 g/mol. The van der Waals surface area contributed by atoms with Gasteiger partial charge in [0.15, 0.2) is 11.3 Å². The summed E-state index contributed by atoms with van der Waals surface area (Å²) in [4.78, 5) is 22.6. The van der Waals surface area contributed by atoms with Gasteiger partial charge in [-0.15, -0.1) is 0 Å². The molecule has 2 aromatic rings. The molecular formula is C12H10O5. The third-order valence-corrected chi connectivity index (χ3v) is 2.27. The zero-order chi connectivity index (χ0) is 12.4. The number of carboxylic acid groups (broad SMARTS) is 1. The van der Waals surface area contributed by atoms with E-state index in [1.165, 1.54) is 0 Å². The molecule has 1 N–H and O–H groups in total. The fraction of sp³-hybridized carbons (Fsp3) is 0.167. The highest BCUT2D eigenvalue weighted by Crippen LogP contribution is 2.27. The van der Waals surface area contributed by atoms with E-state index in [0.717, 1.165) is 0 Å². The number of hydrogen-bond donors (Lipinski definition) is 1. The van der Waals surface area contributed by atoms with Gasteiger partial charge in [-0.05, 0) is 19.1 Å². The number of para-hydroxylation sites is 1. The highest BCUT2D eigenvalue weighted by Gasteiger charge is 2.21. The van der Waals surface area contributed by atoms with E-state index in [-0.39, 0.29) is 12.4 Å². The monoisotopic (exact) mass is 234 g/mol. The Morgan fingerprint density at radius 3 is 2.76 bits per heavy atom. The van der Waals surface area contributed by atoms with Gasteiger partial charge < -0.3 is 14.3 Å². The Morgan fingerprint density at radius 1 is 1.41 bits per heavy atom. The van der Waals surface area contributed by atoms with E-state index in [9.17, 15) is 9.59 Å². The normalized spacial score (nSPS) is 10.4. The number of ether oxygens (including phenoxy) is 1. The lowest BCUT2D eigenvalue weighted by atomic mass is 10.1. The van der Waals surface area contributed by atoms with Crippen molar-refractivity contribution in [3.63, 3.8) is 0 Å². The average Bonchev–Trinajstić information content (AvgIpc) is 2.28. The maximum Gasteiger partial charge on any atom is 0.354 e. The van der Waals surface area contributed by atoms with Crippen LogP contribution in [0, 0.1) is 0 Å². The molecule has 5 nitrogen and oxygen atoms in total. The fourth-order valence-electron chi connectivity index (χ4n) is 1.60. The van der Waals surface area contributed by atoms with E-state index in [4.69, 9.17) is 14.3 Å². The van der Waals surface area contributed by atoms with E-state index in [1.54, 1.807) is 31.2 Å². The molecule has 0 atom stereocenters. The van der Waals surface area contributed by atoms with Crippen molar-refractivity contribution in [3.05, 3.63) is 40.2 Å². The first-order valence-corrected chi connectivity index (χ1v) is 5.07. The molecule has 0 spiro atoms. The van der Waals surface area contributed by atoms with Gasteiger partial charge in [0.25, 0.3) is 0 Å². The van der Waals surface area contributed by atoms with Crippen molar-refractivity contribution in [2.45, 2.75) is 6.92 Å². The predicted octanol–water partition coefficient (Wildman–Crippen LogP) is 1.89.